The van der Waals surface area contributed by atoms with Crippen LogP contribution in [0.15, 0.2) is 36.4 Å². The van der Waals surface area contributed by atoms with Crippen molar-refractivity contribution in [1.82, 2.24) is 0 Å². The topological polar surface area (TPSA) is 36.9 Å². The number of fused-ring (bicyclic) bond motifs is 1. The van der Waals surface area contributed by atoms with Crippen molar-refractivity contribution >= 4 is 48.1 Å². The lowest BCUT2D eigenvalue weighted by Gasteiger charge is -2.22. The smallest absolute Gasteiger partial charge is 0.219 e. The monoisotopic (exact) mass is 344 g/mol. The van der Waals surface area contributed by atoms with Crippen molar-refractivity contribution in [3.63, 3.8) is 0 Å². The van der Waals surface area contributed by atoms with Crippen LogP contribution in [0.2, 0.25) is 0 Å². The molecule has 0 aliphatic heterocycles. The van der Waals surface area contributed by atoms with Crippen LogP contribution in [0, 0.1) is 0 Å². The molecule has 0 radical (unpaired) electrons. The van der Waals surface area contributed by atoms with Gasteiger partial charge in [-0.25, -0.2) is 0 Å². The van der Waals surface area contributed by atoms with Gasteiger partial charge in [0, 0.05) is 44.4 Å². The van der Waals surface area contributed by atoms with Crippen molar-refractivity contribution in [3.8, 4) is 0 Å². The van der Waals surface area contributed by atoms with E-state index >= 15 is 0 Å². The van der Waals surface area contributed by atoms with E-state index in [-0.39, 0.29) is 0 Å². The van der Waals surface area contributed by atoms with Gasteiger partial charge in [0.15, 0.2) is 0 Å². The van der Waals surface area contributed by atoms with Gasteiger partial charge in [-0.3, -0.25) is 0 Å². The first-order chi connectivity index (χ1) is 10.1. The minimum atomic E-state index is -2.53. The van der Waals surface area contributed by atoms with Crippen LogP contribution in [-0.2, 0) is 29.9 Å². The van der Waals surface area contributed by atoms with Gasteiger partial charge in [0.05, 0.1) is 0 Å². The van der Waals surface area contributed by atoms with E-state index in [4.69, 9.17) is 29.9 Å². The number of rotatable bonds is 6. The quantitative estimate of drug-likeness (QED) is 0.752. The van der Waals surface area contributed by atoms with Crippen LogP contribution in [0.3, 0.4) is 0 Å². The molecule has 0 spiro atoms. The molecule has 0 saturated heterocycles. The average molecular weight is 344 g/mol. The van der Waals surface area contributed by atoms with Gasteiger partial charge in [-0.15, -0.1) is 0 Å². The summed E-state index contributed by atoms with van der Waals surface area (Å²) in [5.41, 5.74) is 0. The zero-order chi connectivity index (χ0) is 15.5. The summed E-state index contributed by atoms with van der Waals surface area (Å²) in [5.74, 6) is 0. The summed E-state index contributed by atoms with van der Waals surface area (Å²) in [6, 6.07) is 12.0. The third-order valence-corrected chi connectivity index (χ3v) is 8.00. The molecule has 0 unspecified atom stereocenters. The molecule has 0 aliphatic carbocycles. The molecular weight excluding hydrogens is 326 g/mol. The molecule has 2 aromatic carbocycles. The minimum Gasteiger partial charge on any atom is -0.334 e. The highest BCUT2D eigenvalue weighted by Gasteiger charge is 2.25. The fourth-order valence-electron chi connectivity index (χ4n) is 2.22. The molecule has 0 saturated carbocycles. The molecule has 2 aromatic rings. The van der Waals surface area contributed by atoms with Gasteiger partial charge in [0.1, 0.15) is 0 Å². The molecule has 114 valence electrons. The van der Waals surface area contributed by atoms with Crippen LogP contribution in [-0.4, -0.2) is 28.4 Å². The molecule has 0 heterocycles. The Hall–Kier alpha value is -0.380. The van der Waals surface area contributed by atoms with Crippen LogP contribution in [0.1, 0.15) is 0 Å². The maximum atomic E-state index is 5.61. The lowest BCUT2D eigenvalue weighted by molar-refractivity contribution is 0.347. The van der Waals surface area contributed by atoms with Gasteiger partial charge < -0.3 is 18.1 Å². The van der Waals surface area contributed by atoms with Gasteiger partial charge in [0.25, 0.3) is 0 Å². The zero-order valence-corrected chi connectivity index (χ0v) is 15.0. The Balaban J connectivity index is 2.81. The third kappa shape index (κ3) is 3.20. The van der Waals surface area contributed by atoms with Crippen molar-refractivity contribution in [2.24, 2.45) is 0 Å². The van der Waals surface area contributed by atoms with Crippen molar-refractivity contribution in [2.75, 3.05) is 28.4 Å². The first kappa shape index (κ1) is 17.0. The van der Waals surface area contributed by atoms with Crippen LogP contribution < -0.4 is 10.6 Å². The Morgan fingerprint density at radius 2 is 1.48 bits per heavy atom. The second kappa shape index (κ2) is 7.26. The van der Waals surface area contributed by atoms with E-state index in [1.807, 2.05) is 36.4 Å². The maximum Gasteiger partial charge on any atom is 0.219 e. The van der Waals surface area contributed by atoms with E-state index in [0.29, 0.717) is 0 Å². The molecule has 0 atom stereocenters. The molecule has 0 bridgehead atoms. The third-order valence-electron chi connectivity index (χ3n) is 3.16. The van der Waals surface area contributed by atoms with E-state index in [1.54, 1.807) is 28.4 Å². The van der Waals surface area contributed by atoms with Crippen LogP contribution in [0.25, 0.3) is 10.8 Å². The normalized spacial score (nSPS) is 12.2. The maximum absolute atomic E-state index is 5.61. The van der Waals surface area contributed by atoms with E-state index < -0.39 is 14.9 Å². The molecule has 0 fully saturated rings. The van der Waals surface area contributed by atoms with Crippen LogP contribution in [0.4, 0.5) is 0 Å². The summed E-state index contributed by atoms with van der Waals surface area (Å²) in [7, 11) is 5.28. The average Bonchev–Trinajstić information content (AvgIpc) is 2.55. The van der Waals surface area contributed by atoms with Crippen molar-refractivity contribution in [3.05, 3.63) is 36.4 Å². The van der Waals surface area contributed by atoms with Crippen molar-refractivity contribution in [1.29, 1.82) is 0 Å². The molecule has 4 nitrogen and oxygen atoms in total. The van der Waals surface area contributed by atoms with E-state index in [0.717, 1.165) is 21.4 Å². The Labute approximate surface area is 131 Å². The predicted molar refractivity (Wildman–Crippen MR) is 92.5 cm³/mol. The van der Waals surface area contributed by atoms with Gasteiger partial charge in [-0.05, 0) is 29.3 Å². The first-order valence-corrected chi connectivity index (χ1v) is 10.0. The van der Waals surface area contributed by atoms with Gasteiger partial charge in [-0.1, -0.05) is 24.3 Å². The summed E-state index contributed by atoms with van der Waals surface area (Å²) in [6.45, 7) is -2.53. The zero-order valence-electron chi connectivity index (χ0n) is 12.4. The predicted octanol–water partition coefficient (Wildman–Crippen LogP) is 3.30. The highest BCUT2D eigenvalue weighted by atomic mass is 32.5. The Kier molecular flexibility index (Phi) is 5.87. The van der Waals surface area contributed by atoms with E-state index in [2.05, 4.69) is 0 Å². The largest absolute Gasteiger partial charge is 0.334 e. The lowest BCUT2D eigenvalue weighted by Crippen LogP contribution is -2.16. The SMILES string of the molecule is COP(OC)c1cccc2cccc(P(=S)(OC)OC)c12. The Bertz CT molecular complexity index is 660. The lowest BCUT2D eigenvalue weighted by atomic mass is 10.1. The van der Waals surface area contributed by atoms with E-state index in [1.165, 1.54) is 0 Å². The van der Waals surface area contributed by atoms with Gasteiger partial charge >= 0.3 is 0 Å². The second-order valence-electron chi connectivity index (χ2n) is 4.14. The van der Waals surface area contributed by atoms with Crippen molar-refractivity contribution < 1.29 is 18.1 Å². The fourth-order valence-corrected chi connectivity index (χ4v) is 5.29. The standard InChI is InChI=1S/C14H18O4P2S/c1-15-19(16-2)12-9-5-7-11-8-6-10-13(14(11)12)20(21,17-3)18-4/h5-10H,1-4H3. The summed E-state index contributed by atoms with van der Waals surface area (Å²) >= 11 is 5.61. The van der Waals surface area contributed by atoms with Crippen molar-refractivity contribution in [2.45, 2.75) is 0 Å². The van der Waals surface area contributed by atoms with E-state index in [9.17, 15) is 0 Å². The van der Waals surface area contributed by atoms with Gasteiger partial charge in [0.2, 0.25) is 14.9 Å². The summed E-state index contributed by atoms with van der Waals surface area (Å²) in [6.07, 6.45) is 0. The molecule has 0 aliphatic rings. The minimum absolute atomic E-state index is 0.886. The number of hydrogen-bond acceptors (Lipinski definition) is 5. The van der Waals surface area contributed by atoms with Crippen LogP contribution >= 0.6 is 14.9 Å². The second-order valence-corrected chi connectivity index (χ2v) is 9.51. The summed E-state index contributed by atoms with van der Waals surface area (Å²) in [5, 5.41) is 3.93. The highest BCUT2D eigenvalue weighted by molar-refractivity contribution is 8.13. The molecular formula is C14H18O4P2S. The Morgan fingerprint density at radius 3 is 2.00 bits per heavy atom. The van der Waals surface area contributed by atoms with Crippen LogP contribution in [0.5, 0.6) is 0 Å². The number of benzene rings is 2. The Morgan fingerprint density at radius 1 is 0.905 bits per heavy atom. The molecule has 0 N–H and O–H groups in total. The number of hydrogen-bond donors (Lipinski definition) is 0. The molecule has 2 rings (SSSR count). The molecule has 0 amide bonds. The molecule has 21 heavy (non-hydrogen) atoms. The summed E-state index contributed by atoms with van der Waals surface area (Å²) < 4.78 is 22.0. The molecule has 7 heteroatoms. The fraction of sp³-hybridized carbons (Fsp3) is 0.286. The summed E-state index contributed by atoms with van der Waals surface area (Å²) in [4.78, 5) is 0. The highest BCUT2D eigenvalue weighted by Crippen LogP contribution is 2.48. The molecule has 0 aromatic heterocycles. The first-order valence-electron chi connectivity index (χ1n) is 6.23. The van der Waals surface area contributed by atoms with Gasteiger partial charge in [-0.2, -0.15) is 0 Å².